The summed E-state index contributed by atoms with van der Waals surface area (Å²) in [6, 6.07) is 11.2. The van der Waals surface area contributed by atoms with Crippen LogP contribution >= 0.6 is 0 Å². The molecule has 0 saturated carbocycles. The van der Waals surface area contributed by atoms with Crippen LogP contribution < -0.4 is 0 Å². The summed E-state index contributed by atoms with van der Waals surface area (Å²) in [5, 5.41) is 10.7. The van der Waals surface area contributed by atoms with E-state index in [0.717, 1.165) is 24.3 Å². The second kappa shape index (κ2) is 7.96. The third kappa shape index (κ3) is 3.43. The van der Waals surface area contributed by atoms with E-state index in [9.17, 15) is 32.3 Å². The Morgan fingerprint density at radius 1 is 0.844 bits per heavy atom. The van der Waals surface area contributed by atoms with Crippen LogP contribution in [0.1, 0.15) is 27.9 Å². The number of rotatable bonds is 6. The summed E-state index contributed by atoms with van der Waals surface area (Å²) in [4.78, 5) is 28.7. The number of carbonyl (C=O) groups excluding carboxylic acids is 1. The van der Waals surface area contributed by atoms with Crippen molar-refractivity contribution in [1.82, 2.24) is 4.98 Å². The first-order valence-electron chi connectivity index (χ1n) is 9.48. The van der Waals surface area contributed by atoms with Crippen molar-refractivity contribution in [1.29, 1.82) is 0 Å². The molecule has 1 heterocycles. The van der Waals surface area contributed by atoms with Gasteiger partial charge in [0.25, 0.3) is 0 Å². The molecule has 4 rings (SSSR count). The number of aromatic amines is 1. The fourth-order valence-electron chi connectivity index (χ4n) is 3.95. The second-order valence-electron chi connectivity index (χ2n) is 7.31. The van der Waals surface area contributed by atoms with Crippen molar-refractivity contribution in [2.45, 2.75) is 11.8 Å². The zero-order chi connectivity index (χ0) is 23.0. The normalized spacial score (nSPS) is 13.1. The number of aromatic nitrogens is 1. The van der Waals surface area contributed by atoms with E-state index in [1.165, 1.54) is 6.20 Å². The van der Waals surface area contributed by atoms with Gasteiger partial charge in [-0.05, 0) is 29.8 Å². The lowest BCUT2D eigenvalue weighted by molar-refractivity contribution is -0.142. The van der Waals surface area contributed by atoms with Crippen LogP contribution in [0, 0.1) is 23.3 Å². The summed E-state index contributed by atoms with van der Waals surface area (Å²) in [5.41, 5.74) is -2.76. The lowest BCUT2D eigenvalue weighted by Crippen LogP contribution is -2.40. The number of hydrogen-bond acceptors (Lipinski definition) is 2. The molecule has 1 aromatic heterocycles. The van der Waals surface area contributed by atoms with E-state index in [1.54, 1.807) is 24.3 Å². The molecular formula is C24H15F4NO3. The number of carboxylic acid groups (broad SMARTS) is 1. The molecule has 3 aromatic carbocycles. The molecule has 0 aliphatic heterocycles. The Hall–Kier alpha value is -3.94. The third-order valence-electron chi connectivity index (χ3n) is 5.46. The molecule has 4 aromatic rings. The number of carbonyl (C=O) groups is 2. The van der Waals surface area contributed by atoms with Crippen molar-refractivity contribution < 1.29 is 32.3 Å². The monoisotopic (exact) mass is 441 g/mol. The highest BCUT2D eigenvalue weighted by Crippen LogP contribution is 2.42. The van der Waals surface area contributed by atoms with E-state index in [2.05, 4.69) is 4.98 Å². The van der Waals surface area contributed by atoms with Crippen molar-refractivity contribution in [3.63, 3.8) is 0 Å². The minimum atomic E-state index is -2.32. The van der Waals surface area contributed by atoms with E-state index < -0.39 is 58.0 Å². The zero-order valence-electron chi connectivity index (χ0n) is 16.3. The van der Waals surface area contributed by atoms with Gasteiger partial charge in [0, 0.05) is 41.2 Å². The van der Waals surface area contributed by atoms with Gasteiger partial charge in [0.1, 0.15) is 28.7 Å². The largest absolute Gasteiger partial charge is 0.480 e. The molecular weight excluding hydrogens is 426 g/mol. The molecule has 0 aliphatic rings. The fraction of sp³-hybridized carbons (Fsp3) is 0.0833. The molecule has 2 N–H and O–H groups in total. The molecule has 0 saturated heterocycles. The van der Waals surface area contributed by atoms with Crippen LogP contribution in [0.2, 0.25) is 0 Å². The number of halogens is 4. The van der Waals surface area contributed by atoms with Gasteiger partial charge in [0.2, 0.25) is 0 Å². The molecule has 0 fully saturated rings. The summed E-state index contributed by atoms with van der Waals surface area (Å²) in [6.07, 6.45) is 0.436. The number of nitrogens with one attached hydrogen (secondary N) is 1. The van der Waals surface area contributed by atoms with Gasteiger partial charge in [-0.25, -0.2) is 17.6 Å². The van der Waals surface area contributed by atoms with Crippen LogP contribution in [0.25, 0.3) is 10.9 Å². The van der Waals surface area contributed by atoms with Gasteiger partial charge in [-0.2, -0.15) is 0 Å². The highest BCUT2D eigenvalue weighted by molar-refractivity contribution is 6.04. The topological polar surface area (TPSA) is 70.2 Å². The Morgan fingerprint density at radius 2 is 1.50 bits per heavy atom. The number of benzene rings is 3. The first kappa shape index (κ1) is 21.3. The Labute approximate surface area is 179 Å². The summed E-state index contributed by atoms with van der Waals surface area (Å²) >= 11 is 0. The van der Waals surface area contributed by atoms with Crippen LogP contribution in [0.3, 0.4) is 0 Å². The van der Waals surface area contributed by atoms with Crippen LogP contribution in [0.5, 0.6) is 0 Å². The van der Waals surface area contributed by atoms with Gasteiger partial charge in [-0.3, -0.25) is 9.59 Å². The van der Waals surface area contributed by atoms with Crippen molar-refractivity contribution >= 4 is 22.7 Å². The summed E-state index contributed by atoms with van der Waals surface area (Å²) < 4.78 is 56.1. The lowest BCUT2D eigenvalue weighted by atomic mass is 9.70. The van der Waals surface area contributed by atoms with Crippen molar-refractivity contribution in [3.8, 4) is 0 Å². The van der Waals surface area contributed by atoms with Crippen molar-refractivity contribution in [2.75, 3.05) is 0 Å². The average Bonchev–Trinajstić information content (AvgIpc) is 3.16. The minimum Gasteiger partial charge on any atom is -0.480 e. The predicted octanol–water partition coefficient (Wildman–Crippen LogP) is 5.37. The number of hydrogen-bond donors (Lipinski definition) is 2. The van der Waals surface area contributed by atoms with Gasteiger partial charge < -0.3 is 10.1 Å². The van der Waals surface area contributed by atoms with Crippen LogP contribution in [-0.2, 0) is 10.2 Å². The van der Waals surface area contributed by atoms with E-state index >= 15 is 0 Å². The van der Waals surface area contributed by atoms with Gasteiger partial charge >= 0.3 is 5.97 Å². The Balaban J connectivity index is 1.99. The second-order valence-corrected chi connectivity index (χ2v) is 7.31. The maximum atomic E-state index is 14.9. The number of H-pyrrole nitrogens is 1. The van der Waals surface area contributed by atoms with Crippen LogP contribution in [-0.4, -0.2) is 21.8 Å². The summed E-state index contributed by atoms with van der Waals surface area (Å²) in [7, 11) is 0. The maximum absolute atomic E-state index is 14.9. The van der Waals surface area contributed by atoms with Crippen LogP contribution in [0.15, 0.2) is 66.9 Å². The smallest absolute Gasteiger partial charge is 0.319 e. The number of aliphatic carboxylic acids is 1. The van der Waals surface area contributed by atoms with Crippen molar-refractivity contribution in [2.24, 2.45) is 0 Å². The first-order valence-corrected chi connectivity index (χ1v) is 9.48. The average molecular weight is 441 g/mol. The molecule has 0 aliphatic carbocycles. The molecule has 8 heteroatoms. The molecule has 1 unspecified atom stereocenters. The summed E-state index contributed by atoms with van der Waals surface area (Å²) in [6.45, 7) is 0. The number of para-hydroxylation sites is 1. The maximum Gasteiger partial charge on any atom is 0.319 e. The standard InChI is InChI=1S/C24H15F4NO3/c25-13-5-7-16(19(27)9-13)22(30)11-24(23(31)32,17-8-6-14(26)10-20(17)28)18-12-29-21-4-2-1-3-15(18)21/h1-10,12,29H,11H2,(H,31,32). The minimum absolute atomic E-state index is 0.0435. The highest BCUT2D eigenvalue weighted by Gasteiger charge is 2.48. The molecule has 0 spiro atoms. The van der Waals surface area contributed by atoms with Gasteiger partial charge in [-0.15, -0.1) is 0 Å². The highest BCUT2D eigenvalue weighted by atomic mass is 19.1. The van der Waals surface area contributed by atoms with Gasteiger partial charge in [-0.1, -0.05) is 24.3 Å². The summed E-state index contributed by atoms with van der Waals surface area (Å²) in [5.74, 6) is -6.77. The van der Waals surface area contributed by atoms with E-state index in [1.807, 2.05) is 0 Å². The number of Topliss-reactive ketones (excluding diaryl/α,β-unsaturated/α-hetero) is 1. The Bertz CT molecular complexity index is 1360. The SMILES string of the molecule is O=C(CC(C(=O)O)(c1ccc(F)cc1F)c1c[nH]c2ccccc12)c1ccc(F)cc1F. The van der Waals surface area contributed by atoms with Crippen molar-refractivity contribution in [3.05, 3.63) is 107 Å². The Morgan fingerprint density at radius 3 is 2.16 bits per heavy atom. The number of carboxylic acids is 1. The fourth-order valence-corrected chi connectivity index (χ4v) is 3.95. The molecule has 0 bridgehead atoms. The van der Waals surface area contributed by atoms with E-state index in [4.69, 9.17) is 0 Å². The molecule has 32 heavy (non-hydrogen) atoms. The Kier molecular flexibility index (Phi) is 5.30. The van der Waals surface area contributed by atoms with Gasteiger partial charge in [0.05, 0.1) is 5.56 Å². The molecule has 1 atom stereocenters. The quantitative estimate of drug-likeness (QED) is 0.312. The van der Waals surface area contributed by atoms with E-state index in [0.29, 0.717) is 23.0 Å². The molecule has 4 nitrogen and oxygen atoms in total. The van der Waals surface area contributed by atoms with E-state index in [-0.39, 0.29) is 5.56 Å². The zero-order valence-corrected chi connectivity index (χ0v) is 16.3. The molecule has 0 radical (unpaired) electrons. The third-order valence-corrected chi connectivity index (χ3v) is 5.46. The van der Waals surface area contributed by atoms with Gasteiger partial charge in [0.15, 0.2) is 5.78 Å². The lowest BCUT2D eigenvalue weighted by Gasteiger charge is -2.30. The van der Waals surface area contributed by atoms with Crippen LogP contribution in [0.4, 0.5) is 17.6 Å². The number of fused-ring (bicyclic) bond motifs is 1. The molecule has 0 amide bonds. The predicted molar refractivity (Wildman–Crippen MR) is 108 cm³/mol. The molecule has 162 valence electrons. The number of ketones is 1. The first-order chi connectivity index (χ1) is 15.2.